The highest BCUT2D eigenvalue weighted by atomic mass is 35.5. The van der Waals surface area contributed by atoms with Gasteiger partial charge in [-0.3, -0.25) is 54.1 Å². The van der Waals surface area contributed by atoms with Crippen LogP contribution in [0.2, 0.25) is 5.02 Å². The first kappa shape index (κ1) is 37.3. The number of nitro groups is 4. The van der Waals surface area contributed by atoms with Gasteiger partial charge in [-0.1, -0.05) is 17.7 Å². The van der Waals surface area contributed by atoms with Gasteiger partial charge in [0.15, 0.2) is 4.90 Å². The Bertz CT molecular complexity index is 1890. The van der Waals surface area contributed by atoms with E-state index in [0.29, 0.717) is 23.8 Å². The van der Waals surface area contributed by atoms with Crippen molar-refractivity contribution in [2.75, 3.05) is 0 Å². The Morgan fingerprint density at radius 3 is 1.39 bits per heavy atom. The third kappa shape index (κ3) is 10.5. The zero-order chi connectivity index (χ0) is 34.4. The predicted octanol–water partition coefficient (Wildman–Crippen LogP) is 3.39. The Morgan fingerprint density at radius 2 is 1.00 bits per heavy atom. The van der Waals surface area contributed by atoms with Crippen molar-refractivity contribution in [3.8, 4) is 0 Å². The molecule has 0 aromatic heterocycles. The lowest BCUT2D eigenvalue weighted by molar-refractivity contribution is -0.396. The second-order valence-corrected chi connectivity index (χ2v) is 12.3. The third-order valence-corrected chi connectivity index (χ3v) is 7.64. The van der Waals surface area contributed by atoms with E-state index in [0.717, 1.165) is 30.3 Å². The maximum atomic E-state index is 10.7. The number of rotatable bonds is 7. The largest absolute Gasteiger partial charge is 0.301 e. The molecule has 0 amide bonds. The minimum absolute atomic E-state index is 0.192. The van der Waals surface area contributed by atoms with Gasteiger partial charge in [-0.15, -0.1) is 0 Å². The fraction of sp³-hybridized carbons (Fsp3) is 0.0526. The minimum Gasteiger partial charge on any atom is -0.282 e. The van der Waals surface area contributed by atoms with Gasteiger partial charge in [0.05, 0.1) is 25.8 Å². The lowest BCUT2D eigenvalue weighted by atomic mass is 10.2. The smallest absolute Gasteiger partial charge is 0.282 e. The number of nitro benzene ring substituents is 4. The standard InChI is InChI=1S/C7H7NO5S.C6H4ClNO5S.C6H4N2O7S/c1-5-2-3-6(14(11,12)13)4-7(5)8(9)10;7-5-2-1-4(14(11,12)13)3-6(5)8(9)10;9-7(10)4-1-2-6(16(13,14)15)5(3-4)8(11)12/h2-4H,1H3,(H,11,12,13);1-3H,(H,11,12,13);1-3H,(H,13,14,15). The normalized spacial score (nSPS) is 11.2. The van der Waals surface area contributed by atoms with Crippen LogP contribution in [-0.4, -0.2) is 58.6 Å². The molecule has 3 N–H and O–H groups in total. The Morgan fingerprint density at radius 1 is 0.568 bits per heavy atom. The van der Waals surface area contributed by atoms with Gasteiger partial charge in [0, 0.05) is 23.8 Å². The van der Waals surface area contributed by atoms with Gasteiger partial charge in [0.2, 0.25) is 0 Å². The van der Waals surface area contributed by atoms with E-state index in [1.54, 1.807) is 0 Å². The molecule has 25 heteroatoms. The van der Waals surface area contributed by atoms with Gasteiger partial charge < -0.3 is 0 Å². The van der Waals surface area contributed by atoms with Crippen LogP contribution in [0, 0.1) is 47.4 Å². The van der Waals surface area contributed by atoms with E-state index in [1.165, 1.54) is 13.0 Å². The lowest BCUT2D eigenvalue weighted by Gasteiger charge is -1.99. The third-order valence-electron chi connectivity index (χ3n) is 4.72. The van der Waals surface area contributed by atoms with Crippen molar-refractivity contribution in [3.05, 3.63) is 106 Å². The first-order valence-corrected chi connectivity index (χ1v) is 15.1. The van der Waals surface area contributed by atoms with Crippen molar-refractivity contribution in [1.82, 2.24) is 0 Å². The highest BCUT2D eigenvalue weighted by Gasteiger charge is 2.27. The number of non-ortho nitro benzene ring substituents is 1. The van der Waals surface area contributed by atoms with Crippen molar-refractivity contribution in [2.24, 2.45) is 0 Å². The molecule has 0 fully saturated rings. The second kappa shape index (κ2) is 14.2. The van der Waals surface area contributed by atoms with E-state index in [-0.39, 0.29) is 10.7 Å². The predicted molar refractivity (Wildman–Crippen MR) is 145 cm³/mol. The summed E-state index contributed by atoms with van der Waals surface area (Å²) in [5.41, 5.74) is -2.25. The molecule has 0 radical (unpaired) electrons. The van der Waals surface area contributed by atoms with E-state index < -0.39 is 81.8 Å². The van der Waals surface area contributed by atoms with E-state index in [9.17, 15) is 65.7 Å². The quantitative estimate of drug-likeness (QED) is 0.180. The molecular weight excluding hydrogens is 688 g/mol. The van der Waals surface area contributed by atoms with Gasteiger partial charge in [0.1, 0.15) is 14.8 Å². The van der Waals surface area contributed by atoms with E-state index >= 15 is 0 Å². The molecule has 44 heavy (non-hydrogen) atoms. The first-order valence-electron chi connectivity index (χ1n) is 10.4. The molecule has 0 bridgehead atoms. The number of nitrogens with zero attached hydrogens (tertiary/aromatic N) is 4. The maximum Gasteiger partial charge on any atom is 0.301 e. The first-order chi connectivity index (χ1) is 19.9. The number of hydrogen-bond donors (Lipinski definition) is 3. The van der Waals surface area contributed by atoms with Gasteiger partial charge >= 0.3 is 10.1 Å². The number of halogens is 1. The second-order valence-electron chi connectivity index (χ2n) is 7.67. The molecule has 238 valence electrons. The van der Waals surface area contributed by atoms with Gasteiger partial charge in [-0.25, -0.2) is 0 Å². The summed E-state index contributed by atoms with van der Waals surface area (Å²) in [5.74, 6) is 0. The molecule has 3 rings (SSSR count). The number of benzene rings is 3. The molecule has 0 aliphatic rings. The fourth-order valence-corrected chi connectivity index (χ4v) is 4.54. The fourth-order valence-electron chi connectivity index (χ4n) is 2.72. The van der Waals surface area contributed by atoms with Gasteiger partial charge in [-0.05, 0) is 31.2 Å². The van der Waals surface area contributed by atoms with Crippen molar-refractivity contribution in [3.63, 3.8) is 0 Å². The molecule has 0 aliphatic heterocycles. The Kier molecular flexibility index (Phi) is 12.0. The molecule has 3 aromatic carbocycles. The molecule has 0 heterocycles. The van der Waals surface area contributed by atoms with E-state index in [2.05, 4.69) is 0 Å². The van der Waals surface area contributed by atoms with Crippen molar-refractivity contribution in [1.29, 1.82) is 0 Å². The van der Waals surface area contributed by atoms with Crippen LogP contribution in [0.4, 0.5) is 22.7 Å². The molecule has 21 nitrogen and oxygen atoms in total. The summed E-state index contributed by atoms with van der Waals surface area (Å²) in [6.07, 6.45) is 0. The molecule has 0 spiro atoms. The topological polar surface area (TPSA) is 336 Å². The lowest BCUT2D eigenvalue weighted by Crippen LogP contribution is -2.04. The van der Waals surface area contributed by atoms with Crippen LogP contribution < -0.4 is 0 Å². The van der Waals surface area contributed by atoms with Crippen LogP contribution in [0.15, 0.2) is 69.3 Å². The Balaban J connectivity index is 0.000000331. The molecule has 0 unspecified atom stereocenters. The van der Waals surface area contributed by atoms with E-state index in [1.807, 2.05) is 0 Å². The Hall–Kier alpha value is -4.72. The minimum atomic E-state index is -4.79. The summed E-state index contributed by atoms with van der Waals surface area (Å²) in [6.45, 7) is 1.48. The SMILES string of the molecule is Cc1ccc(S(=O)(=O)O)cc1[N+](=O)[O-].O=[N+]([O-])c1cc(S(=O)(=O)O)ccc1Cl.O=[N+]([O-])c1ccc(S(=O)(=O)O)c([N+](=O)[O-])c1. The monoisotopic (exact) mass is 702 g/mol. The zero-order valence-electron chi connectivity index (χ0n) is 21.1. The molecule has 0 saturated carbocycles. The average molecular weight is 703 g/mol. The molecule has 0 saturated heterocycles. The van der Waals surface area contributed by atoms with Crippen LogP contribution >= 0.6 is 11.6 Å². The number of hydrogen-bond acceptors (Lipinski definition) is 14. The average Bonchev–Trinajstić information content (AvgIpc) is 2.87. The molecule has 3 aromatic rings. The van der Waals surface area contributed by atoms with Crippen molar-refractivity contribution in [2.45, 2.75) is 21.6 Å². The van der Waals surface area contributed by atoms with Crippen molar-refractivity contribution < 1.29 is 58.6 Å². The molecule has 0 atom stereocenters. The van der Waals surface area contributed by atoms with Gasteiger partial charge in [0.25, 0.3) is 43.0 Å². The molecule has 0 aliphatic carbocycles. The van der Waals surface area contributed by atoms with Crippen LogP contribution in [0.3, 0.4) is 0 Å². The summed E-state index contributed by atoms with van der Waals surface area (Å²) in [7, 11) is -13.6. The summed E-state index contributed by atoms with van der Waals surface area (Å²) in [5, 5.41) is 41.3. The van der Waals surface area contributed by atoms with Gasteiger partial charge in [-0.2, -0.15) is 25.3 Å². The summed E-state index contributed by atoms with van der Waals surface area (Å²) >= 11 is 5.42. The van der Waals surface area contributed by atoms with Crippen LogP contribution in [-0.2, 0) is 30.4 Å². The highest BCUT2D eigenvalue weighted by molar-refractivity contribution is 7.86. The highest BCUT2D eigenvalue weighted by Crippen LogP contribution is 2.28. The van der Waals surface area contributed by atoms with Crippen molar-refractivity contribution >= 4 is 64.7 Å². The maximum absolute atomic E-state index is 10.7. The van der Waals surface area contributed by atoms with Crippen LogP contribution in [0.25, 0.3) is 0 Å². The van der Waals surface area contributed by atoms with Crippen LogP contribution in [0.5, 0.6) is 0 Å². The number of aryl methyl sites for hydroxylation is 1. The zero-order valence-corrected chi connectivity index (χ0v) is 24.4. The summed E-state index contributed by atoms with van der Waals surface area (Å²) in [4.78, 5) is 35.9. The van der Waals surface area contributed by atoms with Crippen LogP contribution in [0.1, 0.15) is 5.56 Å². The molecular formula is C19H15ClN4O17S3. The van der Waals surface area contributed by atoms with E-state index in [4.69, 9.17) is 25.3 Å². The summed E-state index contributed by atoms with van der Waals surface area (Å²) < 4.78 is 89.8. The summed E-state index contributed by atoms with van der Waals surface area (Å²) in [6, 6.07) is 7.71. The Labute approximate surface area is 250 Å².